The summed E-state index contributed by atoms with van der Waals surface area (Å²) in [6.45, 7) is 0.355. The van der Waals surface area contributed by atoms with Crippen molar-refractivity contribution in [2.45, 2.75) is 35.8 Å². The number of alkyl halides is 3. The molecule has 1 fully saturated rings. The molecule has 34 heavy (non-hydrogen) atoms. The average Bonchev–Trinajstić information content (AvgIpc) is 3.47. The Hall–Kier alpha value is -2.47. The van der Waals surface area contributed by atoms with Crippen molar-refractivity contribution in [2.75, 3.05) is 6.54 Å². The summed E-state index contributed by atoms with van der Waals surface area (Å²) in [6, 6.07) is 10.1. The molecule has 6 nitrogen and oxygen atoms in total. The third-order valence-corrected chi connectivity index (χ3v) is 9.02. The molecule has 0 saturated carbocycles. The molecule has 0 bridgehead atoms. The zero-order valence-electron chi connectivity index (χ0n) is 17.5. The van der Waals surface area contributed by atoms with Crippen LogP contribution in [0.2, 0.25) is 4.34 Å². The third kappa shape index (κ3) is 5.27. The van der Waals surface area contributed by atoms with Crippen molar-refractivity contribution in [3.05, 3.63) is 70.2 Å². The second kappa shape index (κ2) is 9.65. The number of amides is 1. The maximum Gasteiger partial charge on any atom is 0.416 e. The Labute approximate surface area is 203 Å². The highest BCUT2D eigenvalue weighted by atomic mass is 35.5. The Balaban J connectivity index is 1.44. The minimum Gasteiger partial charge on any atom is -0.351 e. The number of hydrogen-bond donors (Lipinski definition) is 1. The van der Waals surface area contributed by atoms with Gasteiger partial charge in [-0.15, -0.1) is 11.3 Å². The number of nitrogens with zero attached hydrogens (tertiary/aromatic N) is 2. The van der Waals surface area contributed by atoms with Gasteiger partial charge in [-0.25, -0.2) is 8.42 Å². The second-order valence-corrected chi connectivity index (χ2v) is 11.5. The van der Waals surface area contributed by atoms with Crippen molar-refractivity contribution >= 4 is 38.9 Å². The van der Waals surface area contributed by atoms with Crippen LogP contribution < -0.4 is 5.32 Å². The number of halogens is 4. The van der Waals surface area contributed by atoms with Crippen molar-refractivity contribution in [2.24, 2.45) is 0 Å². The molecule has 1 aliphatic heterocycles. The molecule has 3 heterocycles. The van der Waals surface area contributed by atoms with E-state index in [1.165, 1.54) is 34.8 Å². The van der Waals surface area contributed by atoms with Gasteiger partial charge in [0.2, 0.25) is 5.91 Å². The molecule has 4 rings (SSSR count). The summed E-state index contributed by atoms with van der Waals surface area (Å²) in [7, 11) is -3.84. The number of sulfonamides is 1. The topological polar surface area (TPSA) is 79.4 Å². The highest BCUT2D eigenvalue weighted by Gasteiger charge is 2.40. The van der Waals surface area contributed by atoms with Crippen molar-refractivity contribution in [1.29, 1.82) is 0 Å². The lowest BCUT2D eigenvalue weighted by Crippen LogP contribution is -2.45. The van der Waals surface area contributed by atoms with Crippen molar-refractivity contribution < 1.29 is 26.4 Å². The number of thiophene rings is 1. The molecule has 0 radical (unpaired) electrons. The quantitative estimate of drug-likeness (QED) is 0.490. The zero-order chi connectivity index (χ0) is 24.5. The van der Waals surface area contributed by atoms with Crippen LogP contribution in [0.3, 0.4) is 0 Å². The van der Waals surface area contributed by atoms with Gasteiger partial charge in [0.15, 0.2) is 0 Å². The van der Waals surface area contributed by atoms with Crippen LogP contribution in [0.4, 0.5) is 13.2 Å². The van der Waals surface area contributed by atoms with E-state index >= 15 is 0 Å². The number of benzene rings is 1. The fourth-order valence-electron chi connectivity index (χ4n) is 3.72. The molecule has 180 valence electrons. The minimum absolute atomic E-state index is 0.0903. The van der Waals surface area contributed by atoms with Gasteiger partial charge in [-0.3, -0.25) is 9.78 Å². The predicted molar refractivity (Wildman–Crippen MR) is 123 cm³/mol. The van der Waals surface area contributed by atoms with Crippen molar-refractivity contribution in [3.8, 4) is 11.3 Å². The van der Waals surface area contributed by atoms with E-state index in [1.54, 1.807) is 12.1 Å². The molecule has 2 aromatic heterocycles. The van der Waals surface area contributed by atoms with E-state index in [1.807, 2.05) is 0 Å². The van der Waals surface area contributed by atoms with Crippen LogP contribution in [0.1, 0.15) is 24.0 Å². The lowest BCUT2D eigenvalue weighted by Gasteiger charge is -2.22. The molecule has 1 aromatic carbocycles. The summed E-state index contributed by atoms with van der Waals surface area (Å²) in [4.78, 5) is 17.0. The summed E-state index contributed by atoms with van der Waals surface area (Å²) in [5.74, 6) is -0.420. The maximum atomic E-state index is 12.9. The number of aromatic nitrogens is 1. The van der Waals surface area contributed by atoms with Gasteiger partial charge in [0.05, 0.1) is 15.6 Å². The average molecular weight is 530 g/mol. The Morgan fingerprint density at radius 3 is 2.56 bits per heavy atom. The van der Waals surface area contributed by atoms with Crippen LogP contribution in [0.15, 0.2) is 58.9 Å². The first-order chi connectivity index (χ1) is 16.1. The minimum atomic E-state index is -4.42. The van der Waals surface area contributed by atoms with Crippen LogP contribution in [0.5, 0.6) is 0 Å². The molecule has 1 aliphatic rings. The van der Waals surface area contributed by atoms with E-state index < -0.39 is 33.7 Å². The summed E-state index contributed by atoms with van der Waals surface area (Å²) in [5, 5.41) is 2.76. The van der Waals surface area contributed by atoms with E-state index in [4.69, 9.17) is 11.6 Å². The highest BCUT2D eigenvalue weighted by Crippen LogP contribution is 2.33. The molecule has 1 N–H and O–H groups in total. The van der Waals surface area contributed by atoms with E-state index in [2.05, 4.69) is 10.3 Å². The summed E-state index contributed by atoms with van der Waals surface area (Å²) >= 11 is 6.82. The van der Waals surface area contributed by atoms with Crippen LogP contribution >= 0.6 is 22.9 Å². The van der Waals surface area contributed by atoms with E-state index in [0.717, 1.165) is 23.5 Å². The molecule has 1 amide bonds. The molecule has 0 aliphatic carbocycles. The van der Waals surface area contributed by atoms with Gasteiger partial charge in [0, 0.05) is 24.8 Å². The first kappa shape index (κ1) is 24.6. The molecular weight excluding hydrogens is 511 g/mol. The van der Waals surface area contributed by atoms with Gasteiger partial charge < -0.3 is 5.32 Å². The largest absolute Gasteiger partial charge is 0.416 e. The molecule has 0 unspecified atom stereocenters. The Morgan fingerprint density at radius 1 is 1.18 bits per heavy atom. The fourth-order valence-corrected chi connectivity index (χ4v) is 6.99. The van der Waals surface area contributed by atoms with Gasteiger partial charge in [0.25, 0.3) is 10.0 Å². The van der Waals surface area contributed by atoms with Gasteiger partial charge in [-0.05, 0) is 54.8 Å². The number of carbonyl (C=O) groups excluding carboxylic acids is 1. The standard InChI is InChI=1S/C22H19ClF3N3O3S2/c23-19-7-8-20(33-19)34(31,32)29-11-1-2-18(29)21(30)28-13-14-9-10-27-17(12-14)15-3-5-16(6-4-15)22(24,25)26/h3-10,12,18H,1-2,11,13H2,(H,28,30)/t18-/m0/s1. The third-order valence-electron chi connectivity index (χ3n) is 5.42. The van der Waals surface area contributed by atoms with Gasteiger partial charge >= 0.3 is 6.18 Å². The van der Waals surface area contributed by atoms with Crippen LogP contribution in [-0.2, 0) is 27.5 Å². The number of carbonyl (C=O) groups is 1. The van der Waals surface area contributed by atoms with Crippen molar-refractivity contribution in [1.82, 2.24) is 14.6 Å². The Morgan fingerprint density at radius 2 is 1.91 bits per heavy atom. The predicted octanol–water partition coefficient (Wildman–Crippen LogP) is 4.95. The van der Waals surface area contributed by atoms with E-state index in [9.17, 15) is 26.4 Å². The SMILES string of the molecule is O=C(NCc1ccnc(-c2ccc(C(F)(F)F)cc2)c1)[C@@H]1CCCN1S(=O)(=O)c1ccc(Cl)s1. The summed E-state index contributed by atoms with van der Waals surface area (Å²) in [6.07, 6.45) is -1.96. The first-order valence-electron chi connectivity index (χ1n) is 10.2. The van der Waals surface area contributed by atoms with Crippen molar-refractivity contribution in [3.63, 3.8) is 0 Å². The maximum absolute atomic E-state index is 12.9. The Bertz CT molecular complexity index is 1290. The molecule has 1 atom stereocenters. The molecule has 3 aromatic rings. The van der Waals surface area contributed by atoms with Crippen LogP contribution in [0, 0.1) is 0 Å². The van der Waals surface area contributed by atoms with Gasteiger partial charge in [-0.1, -0.05) is 23.7 Å². The van der Waals surface area contributed by atoms with E-state index in [-0.39, 0.29) is 17.3 Å². The normalized spacial score (nSPS) is 17.1. The molecule has 0 spiro atoms. The van der Waals surface area contributed by atoms with E-state index in [0.29, 0.717) is 34.0 Å². The summed E-state index contributed by atoms with van der Waals surface area (Å²) < 4.78 is 65.9. The second-order valence-electron chi connectivity index (χ2n) is 7.67. The smallest absolute Gasteiger partial charge is 0.351 e. The molecule has 1 saturated heterocycles. The molecular formula is C22H19ClF3N3O3S2. The number of rotatable bonds is 6. The van der Waals surface area contributed by atoms with Crippen LogP contribution in [0.25, 0.3) is 11.3 Å². The number of nitrogens with one attached hydrogen (secondary N) is 1. The highest BCUT2D eigenvalue weighted by molar-refractivity contribution is 7.91. The lowest BCUT2D eigenvalue weighted by atomic mass is 10.1. The number of pyridine rings is 1. The fraction of sp³-hybridized carbons (Fsp3) is 0.273. The zero-order valence-corrected chi connectivity index (χ0v) is 19.9. The summed E-state index contributed by atoms with van der Waals surface area (Å²) in [5.41, 5.74) is 0.889. The van der Waals surface area contributed by atoms with Gasteiger partial charge in [0.1, 0.15) is 10.3 Å². The lowest BCUT2D eigenvalue weighted by molar-refractivity contribution is -0.137. The number of hydrogen-bond acceptors (Lipinski definition) is 5. The van der Waals surface area contributed by atoms with Gasteiger partial charge in [-0.2, -0.15) is 17.5 Å². The van der Waals surface area contributed by atoms with Crippen LogP contribution in [-0.4, -0.2) is 36.2 Å². The molecule has 12 heteroatoms. The monoisotopic (exact) mass is 529 g/mol. The first-order valence-corrected chi connectivity index (χ1v) is 12.9. The Kier molecular flexibility index (Phi) is 6.99.